The average molecular weight is 370 g/mol. The predicted molar refractivity (Wildman–Crippen MR) is 101 cm³/mol. The topological polar surface area (TPSA) is 51.2 Å². The maximum atomic E-state index is 13.5. The van der Waals surface area contributed by atoms with Crippen LogP contribution in [-0.4, -0.2) is 18.0 Å². The molecule has 0 unspecified atom stereocenters. The number of thiazole rings is 1. The number of carbonyl (C=O) groups excluding carboxylic acids is 1. The Hall–Kier alpha value is -2.73. The van der Waals surface area contributed by atoms with Crippen molar-refractivity contribution in [1.82, 2.24) is 10.3 Å². The van der Waals surface area contributed by atoms with Gasteiger partial charge in [0, 0.05) is 29.5 Å². The molecule has 0 bridgehead atoms. The molecule has 0 radical (unpaired) electrons. The Morgan fingerprint density at radius 1 is 1.19 bits per heavy atom. The minimum atomic E-state index is -0.309. The van der Waals surface area contributed by atoms with Crippen molar-refractivity contribution in [2.45, 2.75) is 19.4 Å². The van der Waals surface area contributed by atoms with Gasteiger partial charge in [-0.2, -0.15) is 0 Å². The summed E-state index contributed by atoms with van der Waals surface area (Å²) in [6.45, 7) is 0.194. The van der Waals surface area contributed by atoms with Crippen molar-refractivity contribution < 1.29 is 13.9 Å². The van der Waals surface area contributed by atoms with Crippen molar-refractivity contribution in [1.29, 1.82) is 0 Å². The van der Waals surface area contributed by atoms with Crippen LogP contribution in [0.4, 0.5) is 4.39 Å². The van der Waals surface area contributed by atoms with Crippen LogP contribution in [0.25, 0.3) is 10.6 Å². The number of rotatable bonds is 7. The maximum Gasteiger partial charge on any atom is 0.220 e. The van der Waals surface area contributed by atoms with Gasteiger partial charge in [0.1, 0.15) is 16.6 Å². The summed E-state index contributed by atoms with van der Waals surface area (Å²) < 4.78 is 18.7. The lowest BCUT2D eigenvalue weighted by Crippen LogP contribution is -2.23. The number of hydrogen-bond acceptors (Lipinski definition) is 4. The minimum absolute atomic E-state index is 0.118. The lowest BCUT2D eigenvalue weighted by Gasteiger charge is -2.05. The van der Waals surface area contributed by atoms with Crippen LogP contribution in [0.3, 0.4) is 0 Å². The van der Waals surface area contributed by atoms with Crippen LogP contribution in [0.1, 0.15) is 17.7 Å². The summed E-state index contributed by atoms with van der Waals surface area (Å²) in [5.41, 5.74) is 2.38. The van der Waals surface area contributed by atoms with Gasteiger partial charge in [0.2, 0.25) is 5.91 Å². The summed E-state index contributed by atoms with van der Waals surface area (Å²) in [6, 6.07) is 14.1. The Bertz CT molecular complexity index is 878. The fourth-order valence-corrected chi connectivity index (χ4v) is 3.31. The van der Waals surface area contributed by atoms with E-state index in [4.69, 9.17) is 4.74 Å². The molecule has 0 aliphatic carbocycles. The average Bonchev–Trinajstić information content (AvgIpc) is 3.15. The molecule has 3 aromatic rings. The van der Waals surface area contributed by atoms with Gasteiger partial charge in [0.25, 0.3) is 0 Å². The summed E-state index contributed by atoms with van der Waals surface area (Å²) in [4.78, 5) is 16.6. The van der Waals surface area contributed by atoms with Crippen molar-refractivity contribution in [3.05, 3.63) is 71.0 Å². The van der Waals surface area contributed by atoms with Crippen LogP contribution in [-0.2, 0) is 17.8 Å². The van der Waals surface area contributed by atoms with E-state index >= 15 is 0 Å². The van der Waals surface area contributed by atoms with Crippen LogP contribution < -0.4 is 10.1 Å². The summed E-state index contributed by atoms with van der Waals surface area (Å²) in [5, 5.41) is 5.62. The highest BCUT2D eigenvalue weighted by Crippen LogP contribution is 2.26. The fourth-order valence-electron chi connectivity index (χ4n) is 2.45. The molecule has 6 heteroatoms. The molecule has 0 saturated carbocycles. The summed E-state index contributed by atoms with van der Waals surface area (Å²) in [6.07, 6.45) is 0.871. The SMILES string of the molecule is COc1ccc(-c2nc(CCC(=O)NCc3ccccc3F)cs2)cc1. The van der Waals surface area contributed by atoms with Gasteiger partial charge >= 0.3 is 0 Å². The van der Waals surface area contributed by atoms with E-state index < -0.39 is 0 Å². The van der Waals surface area contributed by atoms with E-state index in [1.54, 1.807) is 36.6 Å². The number of amides is 1. The van der Waals surface area contributed by atoms with Crippen LogP contribution in [0.5, 0.6) is 5.75 Å². The molecule has 1 heterocycles. The molecule has 2 aromatic carbocycles. The van der Waals surface area contributed by atoms with Gasteiger partial charge in [-0.05, 0) is 36.8 Å². The van der Waals surface area contributed by atoms with Crippen molar-refractivity contribution >= 4 is 17.2 Å². The Morgan fingerprint density at radius 2 is 1.96 bits per heavy atom. The molecular formula is C20H19FN2O2S. The molecule has 0 aliphatic heterocycles. The highest BCUT2D eigenvalue weighted by Gasteiger charge is 2.08. The van der Waals surface area contributed by atoms with Crippen molar-refractivity contribution in [3.63, 3.8) is 0 Å². The van der Waals surface area contributed by atoms with E-state index in [9.17, 15) is 9.18 Å². The number of benzene rings is 2. The number of aryl methyl sites for hydroxylation is 1. The van der Waals surface area contributed by atoms with E-state index in [0.29, 0.717) is 18.4 Å². The van der Waals surface area contributed by atoms with Gasteiger partial charge in [-0.25, -0.2) is 9.37 Å². The third-order valence-electron chi connectivity index (χ3n) is 3.93. The number of methoxy groups -OCH3 is 1. The lowest BCUT2D eigenvalue weighted by molar-refractivity contribution is -0.121. The second-order valence-electron chi connectivity index (χ2n) is 5.74. The molecule has 0 spiro atoms. The molecule has 1 N–H and O–H groups in total. The largest absolute Gasteiger partial charge is 0.497 e. The molecule has 3 rings (SSSR count). The zero-order valence-electron chi connectivity index (χ0n) is 14.4. The number of nitrogens with one attached hydrogen (secondary N) is 1. The highest BCUT2D eigenvalue weighted by molar-refractivity contribution is 7.13. The molecule has 1 amide bonds. The standard InChI is InChI=1S/C20H19FN2O2S/c1-25-17-9-6-14(7-10-17)20-23-16(13-26-20)8-11-19(24)22-12-15-4-2-3-5-18(15)21/h2-7,9-10,13H,8,11-12H2,1H3,(H,22,24). The quantitative estimate of drug-likeness (QED) is 0.678. The molecule has 0 fully saturated rings. The van der Waals surface area contributed by atoms with Crippen LogP contribution in [0.2, 0.25) is 0 Å². The molecule has 26 heavy (non-hydrogen) atoms. The third-order valence-corrected chi connectivity index (χ3v) is 4.87. The Labute approximate surface area is 155 Å². The van der Waals surface area contributed by atoms with Gasteiger partial charge < -0.3 is 10.1 Å². The zero-order valence-corrected chi connectivity index (χ0v) is 15.2. The van der Waals surface area contributed by atoms with Crippen LogP contribution in [0, 0.1) is 5.82 Å². The molecular weight excluding hydrogens is 351 g/mol. The van der Waals surface area contributed by atoms with Crippen molar-refractivity contribution in [2.24, 2.45) is 0 Å². The van der Waals surface area contributed by atoms with Crippen LogP contribution in [0.15, 0.2) is 53.9 Å². The van der Waals surface area contributed by atoms with Crippen molar-refractivity contribution in [2.75, 3.05) is 7.11 Å². The van der Waals surface area contributed by atoms with E-state index in [-0.39, 0.29) is 18.3 Å². The summed E-state index contributed by atoms with van der Waals surface area (Å²) >= 11 is 1.55. The molecule has 134 valence electrons. The van der Waals surface area contributed by atoms with Gasteiger partial charge in [-0.15, -0.1) is 11.3 Å². The van der Waals surface area contributed by atoms with Gasteiger partial charge in [0.05, 0.1) is 12.8 Å². The van der Waals surface area contributed by atoms with E-state index in [2.05, 4.69) is 10.3 Å². The number of carbonyl (C=O) groups is 1. The maximum absolute atomic E-state index is 13.5. The molecule has 0 saturated heterocycles. The van der Waals surface area contributed by atoms with E-state index in [1.807, 2.05) is 29.6 Å². The first-order valence-corrected chi connectivity index (χ1v) is 9.12. The minimum Gasteiger partial charge on any atom is -0.497 e. The smallest absolute Gasteiger partial charge is 0.220 e. The first-order valence-electron chi connectivity index (χ1n) is 8.24. The molecule has 0 aliphatic rings. The zero-order chi connectivity index (χ0) is 18.4. The third kappa shape index (κ3) is 4.67. The number of hydrogen-bond donors (Lipinski definition) is 1. The van der Waals surface area contributed by atoms with Gasteiger partial charge in [0.15, 0.2) is 0 Å². The predicted octanol–water partition coefficient (Wildman–Crippen LogP) is 4.21. The molecule has 1 aromatic heterocycles. The fraction of sp³-hybridized carbons (Fsp3) is 0.200. The summed E-state index contributed by atoms with van der Waals surface area (Å²) in [5.74, 6) is 0.376. The number of aromatic nitrogens is 1. The second-order valence-corrected chi connectivity index (χ2v) is 6.60. The lowest BCUT2D eigenvalue weighted by atomic mass is 10.2. The Morgan fingerprint density at radius 3 is 2.69 bits per heavy atom. The molecule has 4 nitrogen and oxygen atoms in total. The molecule has 0 atom stereocenters. The van der Waals surface area contributed by atoms with E-state index in [1.165, 1.54) is 6.07 Å². The first-order chi connectivity index (χ1) is 12.7. The second kappa shape index (κ2) is 8.58. The normalized spacial score (nSPS) is 10.5. The highest BCUT2D eigenvalue weighted by atomic mass is 32.1. The van der Waals surface area contributed by atoms with Crippen molar-refractivity contribution in [3.8, 4) is 16.3 Å². The summed E-state index contributed by atoms with van der Waals surface area (Å²) in [7, 11) is 1.63. The first kappa shape index (κ1) is 18.1. The Balaban J connectivity index is 1.51. The van der Waals surface area contributed by atoms with Gasteiger partial charge in [-0.3, -0.25) is 4.79 Å². The van der Waals surface area contributed by atoms with Crippen LogP contribution >= 0.6 is 11.3 Å². The van der Waals surface area contributed by atoms with Gasteiger partial charge in [-0.1, -0.05) is 18.2 Å². The number of halogens is 1. The number of nitrogens with zero attached hydrogens (tertiary/aromatic N) is 1. The Kier molecular flexibility index (Phi) is 5.96. The number of ether oxygens (including phenoxy) is 1. The van der Waals surface area contributed by atoms with E-state index in [0.717, 1.165) is 22.0 Å². The monoisotopic (exact) mass is 370 g/mol.